The number of pyridine rings is 1. The molecule has 0 bridgehead atoms. The van der Waals surface area contributed by atoms with Gasteiger partial charge in [0.25, 0.3) is 5.91 Å². The molecule has 208 valence electrons. The lowest BCUT2D eigenvalue weighted by molar-refractivity contribution is 0.0764. The van der Waals surface area contributed by atoms with Crippen molar-refractivity contribution < 1.29 is 9.53 Å². The molecule has 39 heavy (non-hydrogen) atoms. The van der Waals surface area contributed by atoms with E-state index in [0.29, 0.717) is 18.8 Å². The minimum Gasteiger partial charge on any atom is -0.360 e. The van der Waals surface area contributed by atoms with Crippen LogP contribution in [-0.4, -0.2) is 58.2 Å². The first kappa shape index (κ1) is 26.3. The Balaban J connectivity index is 1.05. The first-order chi connectivity index (χ1) is 18.6. The number of nitrogens with zero attached hydrogens (tertiary/aromatic N) is 6. The molecule has 3 aromatic rings. The van der Waals surface area contributed by atoms with Crippen LogP contribution in [0.3, 0.4) is 0 Å². The zero-order chi connectivity index (χ0) is 27.3. The molecule has 1 N–H and O–H groups in total. The Labute approximate surface area is 231 Å². The molecule has 2 unspecified atom stereocenters. The van der Waals surface area contributed by atoms with Crippen molar-refractivity contribution in [1.29, 1.82) is 0 Å². The number of rotatable bonds is 10. The predicted octanol–water partition coefficient (Wildman–Crippen LogP) is 4.33. The average Bonchev–Trinajstić information content (AvgIpc) is 3.30. The van der Waals surface area contributed by atoms with Gasteiger partial charge in [-0.3, -0.25) is 9.48 Å². The highest BCUT2D eigenvalue weighted by atomic mass is 28.3. The van der Waals surface area contributed by atoms with Crippen LogP contribution in [0.5, 0.6) is 0 Å². The summed E-state index contributed by atoms with van der Waals surface area (Å²) >= 11 is 0. The second-order valence-electron chi connectivity index (χ2n) is 12.9. The van der Waals surface area contributed by atoms with Crippen LogP contribution < -0.4 is 10.2 Å². The van der Waals surface area contributed by atoms with Gasteiger partial charge in [0.1, 0.15) is 12.5 Å². The summed E-state index contributed by atoms with van der Waals surface area (Å²) in [4.78, 5) is 20.4. The maximum absolute atomic E-state index is 13.1. The molecule has 2 fully saturated rings. The molecule has 2 aliphatic carbocycles. The van der Waals surface area contributed by atoms with Crippen LogP contribution in [-0.2, 0) is 24.4 Å². The fourth-order valence-electron chi connectivity index (χ4n) is 5.91. The van der Waals surface area contributed by atoms with Gasteiger partial charge in [-0.1, -0.05) is 25.7 Å². The number of amides is 1. The van der Waals surface area contributed by atoms with E-state index in [1.54, 1.807) is 6.20 Å². The lowest BCUT2D eigenvalue weighted by atomic mass is 10.2. The van der Waals surface area contributed by atoms with Gasteiger partial charge in [-0.05, 0) is 68.2 Å². The number of hydrogen-bond acceptors (Lipinski definition) is 6. The standard InChI is InChI=1S/C29H41N7O2Si/c1-19-21(6-9-27(31-19)34-14-22-12-23(22)15-34)16-35-17-24(13-30-35)29(37)32-26-8-7-25-20(2)36(33-28(25)26)18-38-10-11-39(3,4)5/h6,9,13,17,22-23,26H,7-8,10-12,14-16,18H2,1-5H3,(H,32,37)/t22?,23?,26-/m1/s1. The minimum atomic E-state index is -1.12. The largest absolute Gasteiger partial charge is 0.360 e. The van der Waals surface area contributed by atoms with Gasteiger partial charge in [0.15, 0.2) is 0 Å². The van der Waals surface area contributed by atoms with Gasteiger partial charge >= 0.3 is 0 Å². The molecule has 3 aromatic heterocycles. The molecule has 1 saturated heterocycles. The summed E-state index contributed by atoms with van der Waals surface area (Å²) in [6.45, 7) is 15.3. The molecule has 6 rings (SSSR count). The molecule has 9 nitrogen and oxygen atoms in total. The summed E-state index contributed by atoms with van der Waals surface area (Å²) in [7, 11) is -1.12. The number of aryl methyl sites for hydroxylation is 1. The van der Waals surface area contributed by atoms with Crippen molar-refractivity contribution in [2.45, 2.75) is 78.1 Å². The van der Waals surface area contributed by atoms with E-state index in [1.165, 1.54) is 12.0 Å². The number of ether oxygens (including phenoxy) is 1. The van der Waals surface area contributed by atoms with Gasteiger partial charge in [-0.25, -0.2) is 9.67 Å². The van der Waals surface area contributed by atoms with E-state index in [9.17, 15) is 4.79 Å². The third-order valence-electron chi connectivity index (χ3n) is 8.60. The van der Waals surface area contributed by atoms with Crippen molar-refractivity contribution in [3.8, 4) is 0 Å². The first-order valence-corrected chi connectivity index (χ1v) is 18.0. The Bertz CT molecular complexity index is 1360. The predicted molar refractivity (Wildman–Crippen MR) is 154 cm³/mol. The maximum Gasteiger partial charge on any atom is 0.255 e. The van der Waals surface area contributed by atoms with E-state index in [1.807, 2.05) is 15.6 Å². The van der Waals surface area contributed by atoms with Crippen LogP contribution in [0.2, 0.25) is 25.7 Å². The van der Waals surface area contributed by atoms with Crippen molar-refractivity contribution >= 4 is 19.8 Å². The topological polar surface area (TPSA) is 90.1 Å². The molecular weight excluding hydrogens is 506 g/mol. The Hall–Kier alpha value is -2.98. The highest BCUT2D eigenvalue weighted by Gasteiger charge is 2.45. The van der Waals surface area contributed by atoms with E-state index in [4.69, 9.17) is 14.8 Å². The summed E-state index contributed by atoms with van der Waals surface area (Å²) in [5.74, 6) is 2.73. The molecule has 1 amide bonds. The zero-order valence-corrected chi connectivity index (χ0v) is 24.9. The van der Waals surface area contributed by atoms with E-state index < -0.39 is 8.07 Å². The average molecular weight is 548 g/mol. The van der Waals surface area contributed by atoms with Crippen LogP contribution >= 0.6 is 0 Å². The van der Waals surface area contributed by atoms with Crippen molar-refractivity contribution in [2.75, 3.05) is 24.6 Å². The third-order valence-corrected chi connectivity index (χ3v) is 10.3. The Kier molecular flexibility index (Phi) is 6.87. The number of nitrogens with one attached hydrogen (secondary N) is 1. The van der Waals surface area contributed by atoms with Gasteiger partial charge in [-0.2, -0.15) is 10.2 Å². The summed E-state index contributed by atoms with van der Waals surface area (Å²) in [5.41, 5.74) is 6.04. The van der Waals surface area contributed by atoms with Gasteiger partial charge in [-0.15, -0.1) is 0 Å². The normalized spacial score (nSPS) is 21.8. The highest BCUT2D eigenvalue weighted by Crippen LogP contribution is 2.46. The van der Waals surface area contributed by atoms with Gasteiger partial charge in [0.2, 0.25) is 0 Å². The molecule has 0 spiro atoms. The zero-order valence-electron chi connectivity index (χ0n) is 23.9. The fraction of sp³-hybridized carbons (Fsp3) is 0.586. The van der Waals surface area contributed by atoms with Crippen LogP contribution in [0, 0.1) is 25.7 Å². The van der Waals surface area contributed by atoms with E-state index in [0.717, 1.165) is 78.9 Å². The van der Waals surface area contributed by atoms with Crippen molar-refractivity contribution in [2.24, 2.45) is 11.8 Å². The highest BCUT2D eigenvalue weighted by molar-refractivity contribution is 6.76. The summed E-state index contributed by atoms with van der Waals surface area (Å²) in [6, 6.07) is 5.32. The molecule has 10 heteroatoms. The molecule has 0 radical (unpaired) electrons. The van der Waals surface area contributed by atoms with E-state index >= 15 is 0 Å². The lowest BCUT2D eigenvalue weighted by Gasteiger charge is -2.20. The summed E-state index contributed by atoms with van der Waals surface area (Å²) in [6.07, 6.45) is 6.64. The fourth-order valence-corrected chi connectivity index (χ4v) is 6.66. The molecule has 0 aromatic carbocycles. The van der Waals surface area contributed by atoms with Gasteiger partial charge < -0.3 is 15.0 Å². The van der Waals surface area contributed by atoms with Crippen LogP contribution in [0.15, 0.2) is 24.5 Å². The Morgan fingerprint density at radius 2 is 1.97 bits per heavy atom. The number of carbonyl (C=O) groups excluding carboxylic acids is 1. The first-order valence-electron chi connectivity index (χ1n) is 14.3. The molecule has 3 atom stereocenters. The van der Waals surface area contributed by atoms with Crippen LogP contribution in [0.4, 0.5) is 5.82 Å². The van der Waals surface area contributed by atoms with E-state index in [-0.39, 0.29) is 11.9 Å². The molecule has 4 heterocycles. The van der Waals surface area contributed by atoms with Gasteiger partial charge in [0, 0.05) is 45.4 Å². The number of aromatic nitrogens is 5. The van der Waals surface area contributed by atoms with E-state index in [2.05, 4.69) is 60.9 Å². The second kappa shape index (κ2) is 10.2. The SMILES string of the molecule is Cc1nc(N2CC3CC3C2)ccc1Cn1cc(C(=O)N[C@@H]2CCc3c2nn(COCC[Si](C)(C)C)c3C)cn1. The second-order valence-corrected chi connectivity index (χ2v) is 18.5. The smallest absolute Gasteiger partial charge is 0.255 e. The molecule has 1 saturated carbocycles. The lowest BCUT2D eigenvalue weighted by Crippen LogP contribution is -2.27. The number of hydrogen-bond donors (Lipinski definition) is 1. The molecule has 1 aliphatic heterocycles. The van der Waals surface area contributed by atoms with Crippen molar-refractivity contribution in [3.05, 3.63) is 58.3 Å². The molecular formula is C29H41N7O2Si. The van der Waals surface area contributed by atoms with Gasteiger partial charge in [0.05, 0.1) is 30.0 Å². The quantitative estimate of drug-likeness (QED) is 0.300. The van der Waals surface area contributed by atoms with Crippen LogP contribution in [0.25, 0.3) is 0 Å². The number of carbonyl (C=O) groups is 1. The van der Waals surface area contributed by atoms with Crippen molar-refractivity contribution in [3.63, 3.8) is 0 Å². The van der Waals surface area contributed by atoms with Crippen LogP contribution in [0.1, 0.15) is 57.5 Å². The maximum atomic E-state index is 13.1. The Morgan fingerprint density at radius 1 is 1.18 bits per heavy atom. The summed E-state index contributed by atoms with van der Waals surface area (Å²) < 4.78 is 9.69. The minimum absolute atomic E-state index is 0.0894. The Morgan fingerprint density at radius 3 is 2.72 bits per heavy atom. The number of anilines is 1. The monoisotopic (exact) mass is 547 g/mol. The number of piperidine rings is 1. The molecule has 3 aliphatic rings. The number of fused-ring (bicyclic) bond motifs is 2. The third kappa shape index (κ3) is 5.67. The summed E-state index contributed by atoms with van der Waals surface area (Å²) in [5, 5.41) is 12.5. The van der Waals surface area contributed by atoms with Crippen molar-refractivity contribution in [1.82, 2.24) is 29.9 Å².